The van der Waals surface area contributed by atoms with Gasteiger partial charge < -0.3 is 16.0 Å². The highest BCUT2D eigenvalue weighted by Gasteiger charge is 2.19. The molecular formula is C16H25N3O. The summed E-state index contributed by atoms with van der Waals surface area (Å²) in [4.78, 5) is 13.5. The summed E-state index contributed by atoms with van der Waals surface area (Å²) in [5.74, 6) is 0.233. The third-order valence-corrected chi connectivity index (χ3v) is 3.71. The van der Waals surface area contributed by atoms with Gasteiger partial charge in [-0.1, -0.05) is 13.8 Å². The van der Waals surface area contributed by atoms with E-state index in [-0.39, 0.29) is 5.91 Å². The van der Waals surface area contributed by atoms with Crippen molar-refractivity contribution in [3.8, 4) is 0 Å². The number of carbonyl (C=O) groups excluding carboxylic acids is 1. The molecule has 1 amide bonds. The summed E-state index contributed by atoms with van der Waals surface area (Å²) in [6.07, 6.45) is 2.51. The SMILES string of the molecule is CC(C)CN(CC1CCCN1)c1ccc(C(N)=O)cc1. The van der Waals surface area contributed by atoms with Gasteiger partial charge in [0.1, 0.15) is 0 Å². The maximum atomic E-state index is 11.1. The third kappa shape index (κ3) is 3.97. The molecule has 4 heteroatoms. The fraction of sp³-hybridized carbons (Fsp3) is 0.562. The van der Waals surface area contributed by atoms with Gasteiger partial charge >= 0.3 is 0 Å². The Morgan fingerprint density at radius 3 is 2.60 bits per heavy atom. The number of nitrogens with two attached hydrogens (primary N) is 1. The summed E-state index contributed by atoms with van der Waals surface area (Å²) in [5.41, 5.74) is 7.02. The second-order valence-corrected chi connectivity index (χ2v) is 6.00. The van der Waals surface area contributed by atoms with Crippen LogP contribution in [0.2, 0.25) is 0 Å². The highest BCUT2D eigenvalue weighted by atomic mass is 16.1. The molecule has 1 aliphatic heterocycles. The summed E-state index contributed by atoms with van der Waals surface area (Å²) in [7, 11) is 0. The van der Waals surface area contributed by atoms with Crippen molar-refractivity contribution in [3.63, 3.8) is 0 Å². The molecular weight excluding hydrogens is 250 g/mol. The van der Waals surface area contributed by atoms with E-state index in [4.69, 9.17) is 5.73 Å². The van der Waals surface area contributed by atoms with Gasteiger partial charge in [-0.15, -0.1) is 0 Å². The van der Waals surface area contributed by atoms with Crippen molar-refractivity contribution in [1.29, 1.82) is 0 Å². The topological polar surface area (TPSA) is 58.4 Å². The fourth-order valence-corrected chi connectivity index (χ4v) is 2.74. The van der Waals surface area contributed by atoms with Crippen molar-refractivity contribution in [2.24, 2.45) is 11.7 Å². The number of hydrogen-bond donors (Lipinski definition) is 2. The monoisotopic (exact) mass is 275 g/mol. The van der Waals surface area contributed by atoms with Crippen molar-refractivity contribution in [1.82, 2.24) is 5.32 Å². The summed E-state index contributed by atoms with van der Waals surface area (Å²) >= 11 is 0. The molecule has 1 unspecified atom stereocenters. The predicted octanol–water partition coefficient (Wildman–Crippen LogP) is 2.00. The third-order valence-electron chi connectivity index (χ3n) is 3.71. The molecule has 0 bridgehead atoms. The molecule has 1 atom stereocenters. The smallest absolute Gasteiger partial charge is 0.248 e. The molecule has 20 heavy (non-hydrogen) atoms. The molecule has 0 saturated carbocycles. The summed E-state index contributed by atoms with van der Waals surface area (Å²) in [5, 5.41) is 3.54. The Morgan fingerprint density at radius 2 is 2.10 bits per heavy atom. The van der Waals surface area contributed by atoms with E-state index >= 15 is 0 Å². The van der Waals surface area contributed by atoms with E-state index in [2.05, 4.69) is 24.1 Å². The van der Waals surface area contributed by atoms with Gasteiger partial charge in [0.05, 0.1) is 0 Å². The van der Waals surface area contributed by atoms with Gasteiger partial charge in [-0.25, -0.2) is 0 Å². The van der Waals surface area contributed by atoms with Crippen LogP contribution >= 0.6 is 0 Å². The van der Waals surface area contributed by atoms with E-state index in [9.17, 15) is 4.79 Å². The first-order chi connectivity index (χ1) is 9.56. The number of hydrogen-bond acceptors (Lipinski definition) is 3. The zero-order valence-corrected chi connectivity index (χ0v) is 12.4. The number of rotatable bonds is 6. The lowest BCUT2D eigenvalue weighted by atomic mass is 10.1. The number of primary amides is 1. The lowest BCUT2D eigenvalue weighted by molar-refractivity contribution is 0.100. The van der Waals surface area contributed by atoms with Crippen molar-refractivity contribution >= 4 is 11.6 Å². The minimum absolute atomic E-state index is 0.371. The minimum atomic E-state index is -0.371. The maximum Gasteiger partial charge on any atom is 0.248 e. The van der Waals surface area contributed by atoms with E-state index < -0.39 is 0 Å². The number of amides is 1. The van der Waals surface area contributed by atoms with Crippen LogP contribution in [0.3, 0.4) is 0 Å². The van der Waals surface area contributed by atoms with Gasteiger partial charge in [0.2, 0.25) is 5.91 Å². The molecule has 1 heterocycles. The summed E-state index contributed by atoms with van der Waals surface area (Å²) in [6.45, 7) is 7.63. The number of benzene rings is 1. The lowest BCUT2D eigenvalue weighted by Crippen LogP contribution is -2.39. The van der Waals surface area contributed by atoms with Crippen LogP contribution in [0, 0.1) is 5.92 Å². The molecule has 2 rings (SSSR count). The molecule has 0 radical (unpaired) electrons. The molecule has 0 aromatic heterocycles. The van der Waals surface area contributed by atoms with Crippen LogP contribution in [0.5, 0.6) is 0 Å². The largest absolute Gasteiger partial charge is 0.370 e. The first kappa shape index (κ1) is 14.9. The van der Waals surface area contributed by atoms with Crippen LogP contribution in [0.4, 0.5) is 5.69 Å². The highest BCUT2D eigenvalue weighted by Crippen LogP contribution is 2.19. The summed E-state index contributed by atoms with van der Waals surface area (Å²) < 4.78 is 0. The quantitative estimate of drug-likeness (QED) is 0.835. The molecule has 0 aliphatic carbocycles. The Hall–Kier alpha value is -1.55. The first-order valence-corrected chi connectivity index (χ1v) is 7.44. The van der Waals surface area contributed by atoms with Crippen LogP contribution in [-0.2, 0) is 0 Å². The normalized spacial score (nSPS) is 18.4. The van der Waals surface area contributed by atoms with Gasteiger partial charge in [-0.05, 0) is 49.6 Å². The Balaban J connectivity index is 2.09. The van der Waals surface area contributed by atoms with Gasteiger partial charge in [-0.2, -0.15) is 0 Å². The van der Waals surface area contributed by atoms with Crippen molar-refractivity contribution in [2.75, 3.05) is 24.5 Å². The Kier molecular flexibility index (Phi) is 5.01. The molecule has 4 nitrogen and oxygen atoms in total. The lowest BCUT2D eigenvalue weighted by Gasteiger charge is -2.29. The fourth-order valence-electron chi connectivity index (χ4n) is 2.74. The van der Waals surface area contributed by atoms with E-state index in [0.717, 1.165) is 25.3 Å². The predicted molar refractivity (Wildman–Crippen MR) is 83.0 cm³/mol. The zero-order chi connectivity index (χ0) is 14.5. The maximum absolute atomic E-state index is 11.1. The number of nitrogens with one attached hydrogen (secondary N) is 1. The molecule has 1 aromatic carbocycles. The molecule has 110 valence electrons. The zero-order valence-electron chi connectivity index (χ0n) is 12.4. The number of anilines is 1. The molecule has 1 aliphatic rings. The van der Waals surface area contributed by atoms with Gasteiger partial charge in [-0.3, -0.25) is 4.79 Å². The van der Waals surface area contributed by atoms with Crippen LogP contribution in [0.25, 0.3) is 0 Å². The van der Waals surface area contributed by atoms with Crippen LogP contribution in [0.15, 0.2) is 24.3 Å². The van der Waals surface area contributed by atoms with Crippen molar-refractivity contribution < 1.29 is 4.79 Å². The molecule has 1 fully saturated rings. The van der Waals surface area contributed by atoms with E-state index in [1.54, 1.807) is 0 Å². The Morgan fingerprint density at radius 1 is 1.40 bits per heavy atom. The summed E-state index contributed by atoms with van der Waals surface area (Å²) in [6, 6.07) is 8.19. The second-order valence-electron chi connectivity index (χ2n) is 6.00. The van der Waals surface area contributed by atoms with E-state index in [0.29, 0.717) is 17.5 Å². The number of carbonyl (C=O) groups is 1. The standard InChI is InChI=1S/C16H25N3O/c1-12(2)10-19(11-14-4-3-9-18-14)15-7-5-13(6-8-15)16(17)20/h5-8,12,14,18H,3-4,9-11H2,1-2H3,(H2,17,20). The van der Waals surface area contributed by atoms with Crippen LogP contribution < -0.4 is 16.0 Å². The highest BCUT2D eigenvalue weighted by molar-refractivity contribution is 5.93. The van der Waals surface area contributed by atoms with Gasteiger partial charge in [0.15, 0.2) is 0 Å². The van der Waals surface area contributed by atoms with Crippen LogP contribution in [-0.4, -0.2) is 31.6 Å². The molecule has 0 spiro atoms. The molecule has 3 N–H and O–H groups in total. The second kappa shape index (κ2) is 6.75. The molecule has 1 saturated heterocycles. The number of nitrogens with zero attached hydrogens (tertiary/aromatic N) is 1. The Labute approximate surface area is 121 Å². The van der Waals surface area contributed by atoms with Gasteiger partial charge in [0.25, 0.3) is 0 Å². The Bertz CT molecular complexity index is 436. The van der Waals surface area contributed by atoms with E-state index in [1.165, 1.54) is 12.8 Å². The average molecular weight is 275 g/mol. The molecule has 1 aromatic rings. The first-order valence-electron chi connectivity index (χ1n) is 7.44. The average Bonchev–Trinajstić information content (AvgIpc) is 2.90. The van der Waals surface area contributed by atoms with E-state index in [1.807, 2.05) is 24.3 Å². The van der Waals surface area contributed by atoms with Crippen molar-refractivity contribution in [3.05, 3.63) is 29.8 Å². The minimum Gasteiger partial charge on any atom is -0.370 e. The van der Waals surface area contributed by atoms with Crippen LogP contribution in [0.1, 0.15) is 37.0 Å². The van der Waals surface area contributed by atoms with Crippen molar-refractivity contribution in [2.45, 2.75) is 32.7 Å². The van der Waals surface area contributed by atoms with Gasteiger partial charge in [0, 0.05) is 30.4 Å².